The Balaban J connectivity index is 1.89. The van der Waals surface area contributed by atoms with Crippen LogP contribution in [-0.2, 0) is 0 Å². The van der Waals surface area contributed by atoms with Crippen molar-refractivity contribution in [3.63, 3.8) is 0 Å². The van der Waals surface area contributed by atoms with Gasteiger partial charge in [-0.2, -0.15) is 0 Å². The van der Waals surface area contributed by atoms with Crippen LogP contribution >= 0.6 is 0 Å². The molecule has 0 spiro atoms. The molecular weight excluding hydrogens is 282 g/mol. The Morgan fingerprint density at radius 1 is 1.27 bits per heavy atom. The summed E-state index contributed by atoms with van der Waals surface area (Å²) in [4.78, 5) is 23.9. The molecule has 1 aromatic carbocycles. The van der Waals surface area contributed by atoms with Crippen LogP contribution in [0.1, 0.15) is 39.7 Å². The highest BCUT2D eigenvalue weighted by Crippen LogP contribution is 2.31. The third kappa shape index (κ3) is 2.62. The number of benzene rings is 1. The summed E-state index contributed by atoms with van der Waals surface area (Å²) in [6, 6.07) is 8.90. The normalized spacial score (nSPS) is 16.5. The van der Waals surface area contributed by atoms with Gasteiger partial charge in [0.1, 0.15) is 11.5 Å². The van der Waals surface area contributed by atoms with E-state index in [0.717, 1.165) is 11.3 Å². The molecule has 1 atom stereocenters. The summed E-state index contributed by atoms with van der Waals surface area (Å²) in [6.45, 7) is 3.92. The topological polar surface area (TPSA) is 68.5 Å². The number of para-hydroxylation sites is 1. The zero-order valence-electron chi connectivity index (χ0n) is 12.5. The minimum Gasteiger partial charge on any atom is -0.493 e. The fraction of sp³-hybridized carbons (Fsp3) is 0.294. The predicted molar refractivity (Wildman–Crippen MR) is 81.2 cm³/mol. The molecule has 1 unspecified atom stereocenters. The molecule has 2 heterocycles. The van der Waals surface area contributed by atoms with Gasteiger partial charge in [0.15, 0.2) is 0 Å². The van der Waals surface area contributed by atoms with Crippen LogP contribution in [0, 0.1) is 13.8 Å². The summed E-state index contributed by atoms with van der Waals surface area (Å²) in [5.74, 6) is 0.899. The molecule has 1 aliphatic heterocycles. The molecule has 22 heavy (non-hydrogen) atoms. The van der Waals surface area contributed by atoms with E-state index >= 15 is 0 Å². The third-order valence-electron chi connectivity index (χ3n) is 3.83. The summed E-state index contributed by atoms with van der Waals surface area (Å²) < 4.78 is 10.6. The first kappa shape index (κ1) is 14.4. The van der Waals surface area contributed by atoms with Gasteiger partial charge in [-0.3, -0.25) is 4.79 Å². The van der Waals surface area contributed by atoms with Gasteiger partial charge in [0.2, 0.25) is 0 Å². The van der Waals surface area contributed by atoms with E-state index in [0.29, 0.717) is 29.9 Å². The lowest BCUT2D eigenvalue weighted by Crippen LogP contribution is -2.33. The largest absolute Gasteiger partial charge is 0.493 e. The Bertz CT molecular complexity index is 752. The molecule has 0 fully saturated rings. The molecule has 5 heteroatoms. The maximum atomic E-state index is 12.6. The van der Waals surface area contributed by atoms with Crippen LogP contribution in [-0.4, -0.2) is 12.5 Å². The van der Waals surface area contributed by atoms with Crippen molar-refractivity contribution in [1.29, 1.82) is 0 Å². The van der Waals surface area contributed by atoms with Crippen LogP contribution in [0.4, 0.5) is 0 Å². The van der Waals surface area contributed by atoms with E-state index in [1.54, 1.807) is 13.8 Å². The second-order valence-electron chi connectivity index (χ2n) is 5.38. The van der Waals surface area contributed by atoms with Gasteiger partial charge >= 0.3 is 5.63 Å². The fourth-order valence-corrected chi connectivity index (χ4v) is 2.82. The molecule has 114 valence electrons. The van der Waals surface area contributed by atoms with E-state index in [1.165, 1.54) is 6.07 Å². The lowest BCUT2D eigenvalue weighted by Gasteiger charge is -2.26. The summed E-state index contributed by atoms with van der Waals surface area (Å²) in [7, 11) is 0. The molecule has 0 bridgehead atoms. The van der Waals surface area contributed by atoms with Crippen molar-refractivity contribution in [2.24, 2.45) is 0 Å². The van der Waals surface area contributed by atoms with Crippen molar-refractivity contribution < 1.29 is 13.9 Å². The van der Waals surface area contributed by atoms with Crippen LogP contribution in [0.25, 0.3) is 0 Å². The molecule has 0 saturated heterocycles. The SMILES string of the molecule is Cc1cc(=O)oc(C)c1C(=O)NC1CCOc2ccccc21. The molecule has 0 saturated carbocycles. The van der Waals surface area contributed by atoms with Gasteiger partial charge in [-0.05, 0) is 25.5 Å². The average molecular weight is 299 g/mol. The highest BCUT2D eigenvalue weighted by atomic mass is 16.5. The van der Waals surface area contributed by atoms with Gasteiger partial charge in [-0.15, -0.1) is 0 Å². The molecule has 1 aromatic heterocycles. The Morgan fingerprint density at radius 2 is 2.05 bits per heavy atom. The molecule has 2 aromatic rings. The zero-order chi connectivity index (χ0) is 15.7. The van der Waals surface area contributed by atoms with Crippen LogP contribution < -0.4 is 15.7 Å². The van der Waals surface area contributed by atoms with Crippen LogP contribution in [0.15, 0.2) is 39.5 Å². The summed E-state index contributed by atoms with van der Waals surface area (Å²) >= 11 is 0. The highest BCUT2D eigenvalue weighted by Gasteiger charge is 2.24. The molecule has 5 nitrogen and oxygen atoms in total. The third-order valence-corrected chi connectivity index (χ3v) is 3.83. The highest BCUT2D eigenvalue weighted by molar-refractivity contribution is 5.96. The molecule has 0 radical (unpaired) electrons. The Morgan fingerprint density at radius 3 is 2.82 bits per heavy atom. The van der Waals surface area contributed by atoms with Gasteiger partial charge < -0.3 is 14.5 Å². The van der Waals surface area contributed by atoms with Gasteiger partial charge in [-0.1, -0.05) is 18.2 Å². The van der Waals surface area contributed by atoms with Crippen molar-refractivity contribution in [2.75, 3.05) is 6.61 Å². The maximum absolute atomic E-state index is 12.6. The van der Waals surface area contributed by atoms with Gasteiger partial charge in [-0.25, -0.2) is 4.79 Å². The number of aryl methyl sites for hydroxylation is 2. The van der Waals surface area contributed by atoms with Crippen molar-refractivity contribution >= 4 is 5.91 Å². The first-order valence-electron chi connectivity index (χ1n) is 7.20. The lowest BCUT2D eigenvalue weighted by atomic mass is 9.99. The van der Waals surface area contributed by atoms with Gasteiger partial charge in [0.25, 0.3) is 5.91 Å². The zero-order valence-corrected chi connectivity index (χ0v) is 12.5. The number of carbonyl (C=O) groups excluding carboxylic acids is 1. The fourth-order valence-electron chi connectivity index (χ4n) is 2.82. The van der Waals surface area contributed by atoms with Crippen molar-refractivity contribution in [3.8, 4) is 5.75 Å². The smallest absolute Gasteiger partial charge is 0.336 e. The van der Waals surface area contributed by atoms with E-state index in [2.05, 4.69) is 5.32 Å². The van der Waals surface area contributed by atoms with E-state index in [-0.39, 0.29) is 11.9 Å². The molecular formula is C17H17NO4. The minimum absolute atomic E-state index is 0.108. The maximum Gasteiger partial charge on any atom is 0.336 e. The Labute approximate surface area is 127 Å². The molecule has 1 N–H and O–H groups in total. The number of hydrogen-bond acceptors (Lipinski definition) is 4. The van der Waals surface area contributed by atoms with E-state index in [4.69, 9.17) is 9.15 Å². The first-order chi connectivity index (χ1) is 10.6. The Kier molecular flexibility index (Phi) is 3.71. The number of nitrogens with one attached hydrogen (secondary N) is 1. The average Bonchev–Trinajstić information content (AvgIpc) is 2.46. The number of fused-ring (bicyclic) bond motifs is 1. The number of rotatable bonds is 2. The quantitative estimate of drug-likeness (QED) is 0.925. The minimum atomic E-state index is -0.442. The molecule has 0 aliphatic carbocycles. The number of ether oxygens (including phenoxy) is 1. The summed E-state index contributed by atoms with van der Waals surface area (Å²) in [6.07, 6.45) is 0.706. The number of amides is 1. The molecule has 3 rings (SSSR count). The van der Waals surface area contributed by atoms with Crippen LogP contribution in [0.2, 0.25) is 0 Å². The monoisotopic (exact) mass is 299 g/mol. The molecule has 1 aliphatic rings. The first-order valence-corrected chi connectivity index (χ1v) is 7.20. The van der Waals surface area contributed by atoms with Crippen molar-refractivity contribution in [1.82, 2.24) is 5.32 Å². The van der Waals surface area contributed by atoms with E-state index in [9.17, 15) is 9.59 Å². The second-order valence-corrected chi connectivity index (χ2v) is 5.38. The lowest BCUT2D eigenvalue weighted by molar-refractivity contribution is 0.0920. The summed E-state index contributed by atoms with van der Waals surface area (Å²) in [5, 5.41) is 3.01. The van der Waals surface area contributed by atoms with Gasteiger partial charge in [0, 0.05) is 18.1 Å². The second kappa shape index (κ2) is 5.67. The van der Waals surface area contributed by atoms with Gasteiger partial charge in [0.05, 0.1) is 18.2 Å². The molecule has 1 amide bonds. The van der Waals surface area contributed by atoms with E-state index < -0.39 is 5.63 Å². The standard InChI is InChI=1S/C17H17NO4/c1-10-9-15(19)22-11(2)16(10)17(20)18-13-7-8-21-14-6-4-3-5-12(13)14/h3-6,9,13H,7-8H2,1-2H3,(H,18,20). The van der Waals surface area contributed by atoms with E-state index in [1.807, 2.05) is 24.3 Å². The van der Waals surface area contributed by atoms with Crippen molar-refractivity contribution in [3.05, 3.63) is 63.2 Å². The van der Waals surface area contributed by atoms with Crippen LogP contribution in [0.5, 0.6) is 5.75 Å². The van der Waals surface area contributed by atoms with Crippen molar-refractivity contribution in [2.45, 2.75) is 26.3 Å². The number of hydrogen-bond donors (Lipinski definition) is 1. The Hall–Kier alpha value is -2.56. The van der Waals surface area contributed by atoms with Crippen LogP contribution in [0.3, 0.4) is 0 Å². The summed E-state index contributed by atoms with van der Waals surface area (Å²) in [5.41, 5.74) is 1.56. The predicted octanol–water partition coefficient (Wildman–Crippen LogP) is 2.51. The number of carbonyl (C=O) groups is 1.